The maximum atomic E-state index is 2.44. The Hall–Kier alpha value is -4.68. The molecule has 9 rings (SSSR count). The lowest BCUT2D eigenvalue weighted by Crippen LogP contribution is -1.91. The lowest BCUT2D eigenvalue weighted by atomic mass is 9.84. The molecule has 0 nitrogen and oxygen atoms in total. The van der Waals surface area contributed by atoms with Gasteiger partial charge in [0.1, 0.15) is 0 Å². The van der Waals surface area contributed by atoms with Crippen LogP contribution in [0.4, 0.5) is 0 Å². The van der Waals surface area contributed by atoms with Gasteiger partial charge in [0.2, 0.25) is 0 Å². The van der Waals surface area contributed by atoms with Gasteiger partial charge in [0.15, 0.2) is 0 Å². The largest absolute Gasteiger partial charge is 0.0622 e. The number of fused-ring (bicyclic) bond motifs is 5. The van der Waals surface area contributed by atoms with Crippen molar-refractivity contribution in [3.8, 4) is 33.4 Å². The molecule has 0 aliphatic heterocycles. The van der Waals surface area contributed by atoms with Gasteiger partial charge in [0, 0.05) is 0 Å². The van der Waals surface area contributed by atoms with Crippen molar-refractivity contribution >= 4 is 53.9 Å². The predicted octanol–water partition coefficient (Wildman–Crippen LogP) is 10.2. The van der Waals surface area contributed by atoms with Crippen LogP contribution in [0, 0.1) is 0 Å². The molecule has 0 aromatic heterocycles. The van der Waals surface area contributed by atoms with E-state index in [0.29, 0.717) is 0 Å². The van der Waals surface area contributed by atoms with Crippen molar-refractivity contribution in [1.82, 2.24) is 0 Å². The van der Waals surface area contributed by atoms with E-state index in [1.54, 1.807) is 0 Å². The molecule has 0 atom stereocenters. The normalized spacial score (nSPS) is 12.4. The minimum Gasteiger partial charge on any atom is -0.0622 e. The lowest BCUT2D eigenvalue weighted by Gasteiger charge is -2.18. The quantitative estimate of drug-likeness (QED) is 0.172. The predicted molar refractivity (Wildman–Crippen MR) is 155 cm³/mol. The SMILES string of the molecule is c1ccc(-c2c3c4c(ccc5ccc6cccc2c6c54)-c2cc4cc5ccccc5cc4cc2-3)cc1. The summed E-state index contributed by atoms with van der Waals surface area (Å²) in [6.07, 6.45) is 0. The summed E-state index contributed by atoms with van der Waals surface area (Å²) in [6, 6.07) is 45.2. The van der Waals surface area contributed by atoms with E-state index in [1.807, 2.05) is 0 Å². The van der Waals surface area contributed by atoms with Crippen molar-refractivity contribution in [2.45, 2.75) is 0 Å². The van der Waals surface area contributed by atoms with E-state index < -0.39 is 0 Å². The molecule has 8 aromatic carbocycles. The third-order valence-corrected chi connectivity index (χ3v) is 8.26. The van der Waals surface area contributed by atoms with E-state index in [1.165, 1.54) is 87.2 Å². The van der Waals surface area contributed by atoms with E-state index in [4.69, 9.17) is 0 Å². The topological polar surface area (TPSA) is 0 Å². The summed E-state index contributed by atoms with van der Waals surface area (Å²) in [5, 5.41) is 13.4. The average molecular weight is 453 g/mol. The van der Waals surface area contributed by atoms with Crippen LogP contribution < -0.4 is 0 Å². The summed E-state index contributed by atoms with van der Waals surface area (Å²) < 4.78 is 0. The molecule has 0 radical (unpaired) electrons. The van der Waals surface area contributed by atoms with Crippen LogP contribution in [0.1, 0.15) is 0 Å². The highest BCUT2D eigenvalue weighted by Gasteiger charge is 2.29. The van der Waals surface area contributed by atoms with Crippen LogP contribution >= 0.6 is 0 Å². The Morgan fingerprint density at radius 2 is 0.944 bits per heavy atom. The van der Waals surface area contributed by atoms with Crippen LogP contribution in [-0.4, -0.2) is 0 Å². The van der Waals surface area contributed by atoms with Gasteiger partial charge in [-0.25, -0.2) is 0 Å². The monoisotopic (exact) mass is 452 g/mol. The van der Waals surface area contributed by atoms with Gasteiger partial charge in [-0.3, -0.25) is 0 Å². The average Bonchev–Trinajstić information content (AvgIpc) is 3.25. The Morgan fingerprint density at radius 1 is 0.306 bits per heavy atom. The molecule has 0 unspecified atom stereocenters. The Bertz CT molecular complexity index is 2180. The van der Waals surface area contributed by atoms with Crippen molar-refractivity contribution in [2.24, 2.45) is 0 Å². The zero-order chi connectivity index (χ0) is 23.4. The molecule has 8 aromatic rings. The highest BCUT2D eigenvalue weighted by atomic mass is 14.3. The highest BCUT2D eigenvalue weighted by Crippen LogP contribution is 2.56. The molecule has 0 fully saturated rings. The maximum Gasteiger partial charge on any atom is -0.000741 e. The fourth-order valence-electron chi connectivity index (χ4n) is 6.74. The van der Waals surface area contributed by atoms with Gasteiger partial charge >= 0.3 is 0 Å². The number of hydrogen-bond acceptors (Lipinski definition) is 0. The van der Waals surface area contributed by atoms with E-state index in [-0.39, 0.29) is 0 Å². The lowest BCUT2D eigenvalue weighted by molar-refractivity contribution is 1.67. The molecular formula is C36H20. The molecule has 0 N–H and O–H groups in total. The summed E-state index contributed by atoms with van der Waals surface area (Å²) in [6.45, 7) is 0. The van der Waals surface area contributed by atoms with E-state index in [0.717, 1.165) is 0 Å². The second-order valence-electron chi connectivity index (χ2n) is 10.1. The molecule has 0 spiro atoms. The summed E-state index contributed by atoms with van der Waals surface area (Å²) in [7, 11) is 0. The van der Waals surface area contributed by atoms with Crippen molar-refractivity contribution in [1.29, 1.82) is 0 Å². The first kappa shape index (κ1) is 18.6. The van der Waals surface area contributed by atoms with Crippen LogP contribution in [0.15, 0.2) is 121 Å². The molecular weight excluding hydrogens is 432 g/mol. The van der Waals surface area contributed by atoms with Crippen LogP contribution in [0.3, 0.4) is 0 Å². The minimum absolute atomic E-state index is 1.28. The molecule has 164 valence electrons. The van der Waals surface area contributed by atoms with Gasteiger partial charge < -0.3 is 0 Å². The zero-order valence-electron chi connectivity index (χ0n) is 19.5. The highest BCUT2D eigenvalue weighted by molar-refractivity contribution is 6.36. The summed E-state index contributed by atoms with van der Waals surface area (Å²) >= 11 is 0. The summed E-state index contributed by atoms with van der Waals surface area (Å²) in [5.41, 5.74) is 8.08. The maximum absolute atomic E-state index is 2.44. The first-order valence-electron chi connectivity index (χ1n) is 12.6. The van der Waals surface area contributed by atoms with Gasteiger partial charge in [-0.05, 0) is 112 Å². The number of benzene rings is 8. The second kappa shape index (κ2) is 6.50. The Morgan fingerprint density at radius 3 is 1.72 bits per heavy atom. The fraction of sp³-hybridized carbons (Fsp3) is 0. The van der Waals surface area contributed by atoms with Crippen molar-refractivity contribution in [2.75, 3.05) is 0 Å². The van der Waals surface area contributed by atoms with Crippen molar-refractivity contribution in [3.63, 3.8) is 0 Å². The number of rotatable bonds is 1. The van der Waals surface area contributed by atoms with Crippen LogP contribution in [0.25, 0.3) is 87.2 Å². The van der Waals surface area contributed by atoms with Crippen molar-refractivity contribution < 1.29 is 0 Å². The van der Waals surface area contributed by atoms with E-state index >= 15 is 0 Å². The van der Waals surface area contributed by atoms with E-state index in [2.05, 4.69) is 121 Å². The standard InChI is InChI=1S/C36H20/c1-2-7-21(8-3-1)33-29-12-6-11-22-13-14-23-15-16-28-30-19-26-17-24-9-4-5-10-25(24)18-27(26)20-31(30)36(33)35(28)34(23)32(22)29/h1-20H. The molecule has 36 heavy (non-hydrogen) atoms. The van der Waals surface area contributed by atoms with E-state index in [9.17, 15) is 0 Å². The second-order valence-corrected chi connectivity index (χ2v) is 10.1. The van der Waals surface area contributed by atoms with Crippen molar-refractivity contribution in [3.05, 3.63) is 121 Å². The smallest absolute Gasteiger partial charge is 0.000741 e. The molecule has 0 saturated heterocycles. The van der Waals surface area contributed by atoms with Crippen LogP contribution in [0.2, 0.25) is 0 Å². The van der Waals surface area contributed by atoms with Gasteiger partial charge in [-0.2, -0.15) is 0 Å². The third-order valence-electron chi connectivity index (χ3n) is 8.26. The molecule has 1 aliphatic rings. The molecule has 0 amide bonds. The molecule has 0 saturated carbocycles. The molecule has 0 heteroatoms. The third kappa shape index (κ3) is 2.25. The van der Waals surface area contributed by atoms with Gasteiger partial charge in [-0.15, -0.1) is 0 Å². The summed E-state index contributed by atoms with van der Waals surface area (Å²) in [5.74, 6) is 0. The minimum atomic E-state index is 1.28. The van der Waals surface area contributed by atoms with Gasteiger partial charge in [-0.1, -0.05) is 97.1 Å². The first-order chi connectivity index (χ1) is 17.8. The summed E-state index contributed by atoms with van der Waals surface area (Å²) in [4.78, 5) is 0. The number of hydrogen-bond donors (Lipinski definition) is 0. The van der Waals surface area contributed by atoms with Gasteiger partial charge in [0.05, 0.1) is 0 Å². The first-order valence-corrected chi connectivity index (χ1v) is 12.6. The van der Waals surface area contributed by atoms with Crippen LogP contribution in [0.5, 0.6) is 0 Å². The Labute approximate surface area is 208 Å². The Kier molecular flexibility index (Phi) is 3.36. The molecule has 0 heterocycles. The molecule has 0 bridgehead atoms. The molecule has 1 aliphatic carbocycles. The Balaban J connectivity index is 1.54. The fourth-order valence-corrected chi connectivity index (χ4v) is 6.74. The zero-order valence-corrected chi connectivity index (χ0v) is 19.5. The van der Waals surface area contributed by atoms with Crippen LogP contribution in [-0.2, 0) is 0 Å². The van der Waals surface area contributed by atoms with Gasteiger partial charge in [0.25, 0.3) is 0 Å².